The molecule has 26 heavy (non-hydrogen) atoms. The molecule has 0 atom stereocenters. The van der Waals surface area contributed by atoms with Crippen LogP contribution >= 0.6 is 11.3 Å². The molecule has 0 bridgehead atoms. The van der Waals surface area contributed by atoms with Gasteiger partial charge in [-0.1, -0.05) is 11.2 Å². The fourth-order valence-corrected chi connectivity index (χ4v) is 4.66. The molecule has 0 saturated carbocycles. The fraction of sp³-hybridized carbons (Fsp3) is 0.471. The van der Waals surface area contributed by atoms with Gasteiger partial charge in [-0.15, -0.1) is 11.3 Å². The number of aryl methyl sites for hydroxylation is 1. The van der Waals surface area contributed by atoms with E-state index in [1.165, 1.54) is 11.3 Å². The minimum Gasteiger partial charge on any atom is -0.334 e. The van der Waals surface area contributed by atoms with Gasteiger partial charge in [-0.05, 0) is 50.5 Å². The van der Waals surface area contributed by atoms with Crippen LogP contribution in [0.3, 0.4) is 0 Å². The van der Waals surface area contributed by atoms with E-state index in [-0.39, 0.29) is 11.8 Å². The number of rotatable bonds is 3. The van der Waals surface area contributed by atoms with Crippen LogP contribution in [0.2, 0.25) is 0 Å². The Balaban J connectivity index is 1.73. The molecule has 2 aliphatic carbocycles. The van der Waals surface area contributed by atoms with Gasteiger partial charge in [0, 0.05) is 10.5 Å². The van der Waals surface area contributed by atoms with Crippen LogP contribution in [0.15, 0.2) is 16.2 Å². The third-order valence-corrected chi connectivity index (χ3v) is 5.83. The van der Waals surface area contributed by atoms with Gasteiger partial charge in [0.1, 0.15) is 5.00 Å². The Morgan fingerprint density at radius 2 is 2.00 bits per heavy atom. The van der Waals surface area contributed by atoms with E-state index < -0.39 is 12.0 Å². The largest absolute Gasteiger partial charge is 0.455 e. The summed E-state index contributed by atoms with van der Waals surface area (Å²) in [5.41, 5.74) is 2.07. The van der Waals surface area contributed by atoms with Crippen LogP contribution in [0.1, 0.15) is 48.4 Å². The van der Waals surface area contributed by atoms with Crippen molar-refractivity contribution in [1.29, 1.82) is 0 Å². The monoisotopic (exact) mass is 383 g/mol. The van der Waals surface area contributed by atoms with Gasteiger partial charge in [-0.25, -0.2) is 0 Å². The second kappa shape index (κ2) is 6.53. The molecule has 0 unspecified atom stereocenters. The second-order valence-electron chi connectivity index (χ2n) is 6.41. The number of alkyl halides is 3. The zero-order valence-electron chi connectivity index (χ0n) is 13.8. The lowest BCUT2D eigenvalue weighted by Crippen LogP contribution is -2.13. The number of halogens is 3. The van der Waals surface area contributed by atoms with Crippen LogP contribution in [0.4, 0.5) is 18.2 Å². The van der Waals surface area contributed by atoms with E-state index in [4.69, 9.17) is 4.52 Å². The minimum absolute atomic E-state index is 0.188. The van der Waals surface area contributed by atoms with Crippen LogP contribution in [-0.2, 0) is 23.8 Å². The molecular weight excluding hydrogens is 367 g/mol. The number of amides is 1. The lowest BCUT2D eigenvalue weighted by Gasteiger charge is -2.11. The van der Waals surface area contributed by atoms with E-state index in [0.717, 1.165) is 49.0 Å². The predicted molar refractivity (Wildman–Crippen MR) is 89.8 cm³/mol. The van der Waals surface area contributed by atoms with Crippen molar-refractivity contribution in [3.63, 3.8) is 0 Å². The highest BCUT2D eigenvalue weighted by Gasteiger charge is 2.38. The van der Waals surface area contributed by atoms with Gasteiger partial charge >= 0.3 is 6.18 Å². The second-order valence-corrected chi connectivity index (χ2v) is 7.52. The molecule has 2 heterocycles. The average molecular weight is 383 g/mol. The van der Waals surface area contributed by atoms with Gasteiger partial charge in [-0.3, -0.25) is 4.79 Å². The summed E-state index contributed by atoms with van der Waals surface area (Å²) in [4.78, 5) is 17.1. The number of aromatic nitrogens is 2. The van der Waals surface area contributed by atoms with Gasteiger partial charge < -0.3 is 9.84 Å². The quantitative estimate of drug-likeness (QED) is 0.831. The van der Waals surface area contributed by atoms with Crippen molar-refractivity contribution in [3.8, 4) is 11.5 Å². The van der Waals surface area contributed by atoms with E-state index >= 15 is 0 Å². The molecule has 0 spiro atoms. The predicted octanol–water partition coefficient (Wildman–Crippen LogP) is 4.74. The van der Waals surface area contributed by atoms with Crippen molar-refractivity contribution in [2.45, 2.75) is 51.1 Å². The number of carbonyl (C=O) groups is 1. The molecule has 0 aliphatic heterocycles. The summed E-state index contributed by atoms with van der Waals surface area (Å²) >= 11 is 1.39. The highest BCUT2D eigenvalue weighted by Crippen LogP contribution is 2.44. The standard InChI is InChI=1S/C17H16F3N3O2S/c18-17(19,20)16-22-14(25-23-16)12-10-7-3-4-8-11(10)26-15(12)21-13(24)9-5-1-2-6-9/h5H,1-4,6-8H2,(H,21,24). The maximum Gasteiger partial charge on any atom is 0.455 e. The van der Waals surface area contributed by atoms with Gasteiger partial charge in [-0.2, -0.15) is 18.2 Å². The third kappa shape index (κ3) is 3.15. The molecular formula is C17H16F3N3O2S. The van der Waals surface area contributed by atoms with Crippen molar-refractivity contribution < 1.29 is 22.5 Å². The highest BCUT2D eigenvalue weighted by molar-refractivity contribution is 7.17. The Morgan fingerprint density at radius 1 is 1.19 bits per heavy atom. The molecule has 2 aromatic rings. The highest BCUT2D eigenvalue weighted by atomic mass is 32.1. The number of hydrogen-bond donors (Lipinski definition) is 1. The molecule has 0 saturated heterocycles. The normalized spacial score (nSPS) is 17.1. The Hall–Kier alpha value is -2.16. The summed E-state index contributed by atoms with van der Waals surface area (Å²) in [6, 6.07) is 0. The smallest absolute Gasteiger partial charge is 0.334 e. The van der Waals surface area contributed by atoms with Gasteiger partial charge in [0.05, 0.1) is 5.56 Å². The molecule has 0 aromatic carbocycles. The SMILES string of the molecule is O=C(Nc1sc2c(c1-c1nc(C(F)(F)F)no1)CCCC2)C1=CCCC1. The van der Waals surface area contributed by atoms with Crippen molar-refractivity contribution >= 4 is 22.2 Å². The first-order valence-corrected chi connectivity index (χ1v) is 9.31. The minimum atomic E-state index is -4.67. The van der Waals surface area contributed by atoms with Crippen LogP contribution in [0.25, 0.3) is 11.5 Å². The lowest BCUT2D eigenvalue weighted by atomic mass is 9.95. The topological polar surface area (TPSA) is 68.0 Å². The Labute approximate surface area is 151 Å². The van der Waals surface area contributed by atoms with Crippen LogP contribution in [0, 0.1) is 0 Å². The van der Waals surface area contributed by atoms with Gasteiger partial charge in [0.2, 0.25) is 0 Å². The van der Waals surface area contributed by atoms with Gasteiger partial charge in [0.15, 0.2) is 0 Å². The molecule has 9 heteroatoms. The summed E-state index contributed by atoms with van der Waals surface area (Å²) in [6.45, 7) is 0. The summed E-state index contributed by atoms with van der Waals surface area (Å²) < 4.78 is 43.4. The Morgan fingerprint density at radius 3 is 2.69 bits per heavy atom. The number of anilines is 1. The Bertz CT molecular complexity index is 882. The van der Waals surface area contributed by atoms with E-state index in [2.05, 4.69) is 15.5 Å². The number of hydrogen-bond acceptors (Lipinski definition) is 5. The van der Waals surface area contributed by atoms with Crippen LogP contribution < -0.4 is 5.32 Å². The first kappa shape index (κ1) is 17.3. The lowest BCUT2D eigenvalue weighted by molar-refractivity contribution is -0.146. The molecule has 2 aliphatic rings. The molecule has 2 aromatic heterocycles. The van der Waals surface area contributed by atoms with Crippen molar-refractivity contribution in [1.82, 2.24) is 10.1 Å². The van der Waals surface area contributed by atoms with Gasteiger partial charge in [0.25, 0.3) is 17.6 Å². The number of nitrogens with zero attached hydrogens (tertiary/aromatic N) is 2. The van der Waals surface area contributed by atoms with Crippen molar-refractivity contribution in [3.05, 3.63) is 27.9 Å². The third-order valence-electron chi connectivity index (χ3n) is 4.62. The molecule has 4 rings (SSSR count). The first-order valence-electron chi connectivity index (χ1n) is 8.49. The molecule has 1 N–H and O–H groups in total. The van der Waals surface area contributed by atoms with E-state index in [1.54, 1.807) is 0 Å². The van der Waals surface area contributed by atoms with Crippen molar-refractivity contribution in [2.75, 3.05) is 5.32 Å². The first-order chi connectivity index (χ1) is 12.4. The van der Waals surface area contributed by atoms with E-state index in [0.29, 0.717) is 22.6 Å². The number of fused-ring (bicyclic) bond motifs is 1. The Kier molecular flexibility index (Phi) is 4.34. The van der Waals surface area contributed by atoms with E-state index in [9.17, 15) is 18.0 Å². The number of carbonyl (C=O) groups excluding carboxylic acids is 1. The molecule has 0 fully saturated rings. The zero-order chi connectivity index (χ0) is 18.3. The number of nitrogens with one attached hydrogen (secondary N) is 1. The summed E-state index contributed by atoms with van der Waals surface area (Å²) in [7, 11) is 0. The number of thiophene rings is 1. The summed E-state index contributed by atoms with van der Waals surface area (Å²) in [5, 5.41) is 6.41. The van der Waals surface area contributed by atoms with Crippen LogP contribution in [0.5, 0.6) is 0 Å². The number of allylic oxidation sites excluding steroid dienone is 1. The molecule has 5 nitrogen and oxygen atoms in total. The van der Waals surface area contributed by atoms with Crippen LogP contribution in [-0.4, -0.2) is 16.0 Å². The maximum absolute atomic E-state index is 12.8. The summed E-state index contributed by atoms with van der Waals surface area (Å²) in [5.74, 6) is -1.70. The average Bonchev–Trinajstić information content (AvgIpc) is 3.32. The molecule has 0 radical (unpaired) electrons. The van der Waals surface area contributed by atoms with Crippen molar-refractivity contribution in [2.24, 2.45) is 0 Å². The zero-order valence-corrected chi connectivity index (χ0v) is 14.6. The summed E-state index contributed by atoms with van der Waals surface area (Å²) in [6.07, 6.45) is 3.27. The fourth-order valence-electron chi connectivity index (χ4n) is 3.38. The maximum atomic E-state index is 12.8. The molecule has 1 amide bonds. The molecule has 138 valence electrons. The van der Waals surface area contributed by atoms with E-state index in [1.807, 2.05) is 6.08 Å².